The molecule has 0 saturated heterocycles. The molecule has 1 heterocycles. The van der Waals surface area contributed by atoms with Gasteiger partial charge in [-0.3, -0.25) is 0 Å². The van der Waals surface area contributed by atoms with Crippen LogP contribution in [0.25, 0.3) is 11.3 Å². The van der Waals surface area contributed by atoms with Crippen LogP contribution in [0.1, 0.15) is 11.3 Å². The maximum atomic E-state index is 14.1. The number of hydrogen-bond acceptors (Lipinski definition) is 6. The number of para-hydroxylation sites is 1. The van der Waals surface area contributed by atoms with Gasteiger partial charge in [-0.25, -0.2) is 14.4 Å². The molecule has 1 aromatic heterocycles. The van der Waals surface area contributed by atoms with E-state index in [-0.39, 0.29) is 17.9 Å². The van der Waals surface area contributed by atoms with Crippen molar-refractivity contribution < 1.29 is 32.1 Å². The number of phenols is 1. The summed E-state index contributed by atoms with van der Waals surface area (Å²) in [5, 5.41) is 10.6. The Hall–Kier alpha value is -4.34. The average molecular weight is 471 g/mol. The van der Waals surface area contributed by atoms with Crippen molar-refractivity contribution in [1.82, 2.24) is 9.97 Å². The molecule has 0 aliphatic heterocycles. The van der Waals surface area contributed by atoms with Crippen LogP contribution in [0.4, 0.5) is 23.5 Å². The number of aromatic hydroxyl groups is 1. The Morgan fingerprint density at radius 3 is 2.29 bits per heavy atom. The zero-order valence-corrected chi connectivity index (χ0v) is 17.4. The molecule has 0 unspecified atom stereocenters. The van der Waals surface area contributed by atoms with E-state index in [2.05, 4.69) is 9.97 Å². The third kappa shape index (κ3) is 5.01. The van der Waals surface area contributed by atoms with Crippen molar-refractivity contribution in [3.05, 3.63) is 89.9 Å². The third-order valence-electron chi connectivity index (χ3n) is 4.67. The van der Waals surface area contributed by atoms with Gasteiger partial charge in [-0.2, -0.15) is 13.2 Å². The predicted molar refractivity (Wildman–Crippen MR) is 116 cm³/mol. The first kappa shape index (κ1) is 22.8. The number of aromatic nitrogens is 2. The molecule has 3 N–H and O–H groups in total. The fraction of sp³-hybridized carbons (Fsp3) is 0.0833. The predicted octanol–water partition coefficient (Wildman–Crippen LogP) is 5.96. The minimum atomic E-state index is -5.00. The molecule has 0 aliphatic rings. The van der Waals surface area contributed by atoms with Crippen molar-refractivity contribution in [2.75, 3.05) is 5.73 Å². The number of nitrogen functional groups attached to an aromatic ring is 1. The number of nitrogens with two attached hydrogens (primary N) is 1. The summed E-state index contributed by atoms with van der Waals surface area (Å²) in [5.41, 5.74) is 4.28. The number of hydrogen-bond donors (Lipinski definition) is 2. The highest BCUT2D eigenvalue weighted by Crippen LogP contribution is 2.45. The van der Waals surface area contributed by atoms with Crippen molar-refractivity contribution in [2.45, 2.75) is 12.8 Å². The Labute approximate surface area is 191 Å². The van der Waals surface area contributed by atoms with Gasteiger partial charge in [0.25, 0.3) is 0 Å². The van der Waals surface area contributed by atoms with Crippen LogP contribution in [-0.4, -0.2) is 15.1 Å². The Morgan fingerprint density at radius 1 is 0.912 bits per heavy atom. The van der Waals surface area contributed by atoms with Crippen LogP contribution in [0, 0.1) is 5.82 Å². The van der Waals surface area contributed by atoms with Crippen molar-refractivity contribution in [3.8, 4) is 34.3 Å². The van der Waals surface area contributed by atoms with Crippen LogP contribution in [0.15, 0.2) is 72.8 Å². The van der Waals surface area contributed by atoms with Crippen molar-refractivity contribution in [1.29, 1.82) is 0 Å². The molecule has 0 aliphatic carbocycles. The van der Waals surface area contributed by atoms with Gasteiger partial charge >= 0.3 is 6.18 Å². The largest absolute Gasteiger partial charge is 0.507 e. The van der Waals surface area contributed by atoms with Gasteiger partial charge in [0.1, 0.15) is 23.8 Å². The normalized spacial score (nSPS) is 11.3. The van der Waals surface area contributed by atoms with Crippen LogP contribution in [0.3, 0.4) is 0 Å². The molecule has 0 atom stereocenters. The molecule has 0 radical (unpaired) electrons. The third-order valence-corrected chi connectivity index (χ3v) is 4.67. The second-order valence-corrected chi connectivity index (χ2v) is 7.09. The maximum absolute atomic E-state index is 14.1. The second-order valence-electron chi connectivity index (χ2n) is 7.09. The zero-order valence-electron chi connectivity index (χ0n) is 17.4. The minimum Gasteiger partial charge on any atom is -0.507 e. The van der Waals surface area contributed by atoms with Gasteiger partial charge < -0.3 is 20.3 Å². The molecule has 3 aromatic carbocycles. The highest BCUT2D eigenvalue weighted by Gasteiger charge is 2.40. The number of benzene rings is 3. The van der Waals surface area contributed by atoms with Crippen molar-refractivity contribution in [3.63, 3.8) is 0 Å². The molecule has 10 heteroatoms. The van der Waals surface area contributed by atoms with E-state index in [9.17, 15) is 22.7 Å². The highest BCUT2D eigenvalue weighted by molar-refractivity contribution is 5.75. The van der Waals surface area contributed by atoms with E-state index >= 15 is 0 Å². The Bertz CT molecular complexity index is 1310. The Balaban J connectivity index is 1.75. The molecule has 0 fully saturated rings. The lowest BCUT2D eigenvalue weighted by Crippen LogP contribution is -2.14. The lowest BCUT2D eigenvalue weighted by atomic mass is 10.1. The van der Waals surface area contributed by atoms with Crippen molar-refractivity contribution >= 4 is 5.95 Å². The fourth-order valence-electron chi connectivity index (χ4n) is 3.12. The Morgan fingerprint density at radius 2 is 1.62 bits per heavy atom. The van der Waals surface area contributed by atoms with Crippen molar-refractivity contribution in [2.24, 2.45) is 0 Å². The fourth-order valence-corrected chi connectivity index (χ4v) is 3.12. The van der Waals surface area contributed by atoms with E-state index in [4.69, 9.17) is 15.2 Å². The quantitative estimate of drug-likeness (QED) is 0.337. The van der Waals surface area contributed by atoms with Gasteiger partial charge in [-0.05, 0) is 29.8 Å². The lowest BCUT2D eigenvalue weighted by molar-refractivity contribution is -0.142. The summed E-state index contributed by atoms with van der Waals surface area (Å²) in [6.07, 6.45) is -5.00. The van der Waals surface area contributed by atoms with Gasteiger partial charge in [0.15, 0.2) is 23.0 Å². The smallest absolute Gasteiger partial charge is 0.437 e. The summed E-state index contributed by atoms with van der Waals surface area (Å²) in [6, 6.07) is 18.1. The molecular weight excluding hydrogens is 454 g/mol. The molecule has 0 amide bonds. The Kier molecular flexibility index (Phi) is 6.22. The van der Waals surface area contributed by atoms with Gasteiger partial charge in [0.2, 0.25) is 5.95 Å². The molecule has 0 spiro atoms. The van der Waals surface area contributed by atoms with E-state index in [1.807, 2.05) is 30.3 Å². The minimum absolute atomic E-state index is 0.141. The standard InChI is InChI=1S/C24H17F4N3O3/c25-17-8-4-5-9-19(17)34-21-20(30-23(29)31-22(21)24(26,27)28)16-11-10-15(12-18(16)32)33-13-14-6-2-1-3-7-14/h1-12,32H,13H2,(H2,29,30,31). The lowest BCUT2D eigenvalue weighted by Gasteiger charge is -2.18. The van der Waals surface area contributed by atoms with Crippen LogP contribution < -0.4 is 15.2 Å². The van der Waals surface area contributed by atoms with Crippen LogP contribution in [-0.2, 0) is 12.8 Å². The highest BCUT2D eigenvalue weighted by atomic mass is 19.4. The van der Waals surface area contributed by atoms with Crippen LogP contribution in [0.5, 0.6) is 23.0 Å². The average Bonchev–Trinajstić information content (AvgIpc) is 2.80. The topological polar surface area (TPSA) is 90.5 Å². The van der Waals surface area contributed by atoms with E-state index in [0.29, 0.717) is 0 Å². The van der Waals surface area contributed by atoms with E-state index in [0.717, 1.165) is 17.7 Å². The second kappa shape index (κ2) is 9.26. The zero-order chi connectivity index (χ0) is 24.3. The molecule has 0 saturated carbocycles. The molecule has 0 bridgehead atoms. The molecule has 6 nitrogen and oxygen atoms in total. The monoisotopic (exact) mass is 471 g/mol. The van der Waals surface area contributed by atoms with Crippen LogP contribution in [0.2, 0.25) is 0 Å². The van der Waals surface area contributed by atoms with E-state index in [1.54, 1.807) is 0 Å². The van der Waals surface area contributed by atoms with Gasteiger partial charge in [-0.15, -0.1) is 0 Å². The number of ether oxygens (including phenoxy) is 2. The summed E-state index contributed by atoms with van der Waals surface area (Å²) >= 11 is 0. The molecule has 34 heavy (non-hydrogen) atoms. The number of anilines is 1. The molecule has 174 valence electrons. The summed E-state index contributed by atoms with van der Waals surface area (Å²) in [7, 11) is 0. The molecule has 4 aromatic rings. The number of halogens is 4. The van der Waals surface area contributed by atoms with Crippen LogP contribution >= 0.6 is 0 Å². The summed E-state index contributed by atoms with van der Waals surface area (Å²) in [5.74, 6) is -3.17. The number of rotatable bonds is 6. The van der Waals surface area contributed by atoms with Gasteiger partial charge in [-0.1, -0.05) is 42.5 Å². The van der Waals surface area contributed by atoms with E-state index < -0.39 is 46.6 Å². The summed E-state index contributed by atoms with van der Waals surface area (Å²) < 4.78 is 66.3. The summed E-state index contributed by atoms with van der Waals surface area (Å²) in [6.45, 7) is 0.208. The first-order chi connectivity index (χ1) is 16.2. The first-order valence-electron chi connectivity index (χ1n) is 9.89. The summed E-state index contributed by atoms with van der Waals surface area (Å²) in [4.78, 5) is 7.10. The van der Waals surface area contributed by atoms with Gasteiger partial charge in [0, 0.05) is 11.6 Å². The number of nitrogens with zero attached hydrogens (tertiary/aromatic N) is 2. The maximum Gasteiger partial charge on any atom is 0.437 e. The van der Waals surface area contributed by atoms with Gasteiger partial charge in [0.05, 0.1) is 0 Å². The molecule has 4 rings (SSSR count). The molecular formula is C24H17F4N3O3. The van der Waals surface area contributed by atoms with E-state index in [1.165, 1.54) is 30.3 Å². The SMILES string of the molecule is Nc1nc(-c2ccc(OCc3ccccc3)cc2O)c(Oc2ccccc2F)c(C(F)(F)F)n1. The number of phenolic OH excluding ortho intramolecular Hbond substituents is 1. The number of alkyl halides is 3. The first-order valence-corrected chi connectivity index (χ1v) is 9.89.